The fraction of sp³-hybridized carbons (Fsp3) is 0.200. The molecule has 0 radical (unpaired) electrons. The number of carbonyl (C=O) groups is 2. The molecular formula is C25H21ClN2O2S. The number of carbonyl (C=O) groups excluding carboxylic acids is 2. The van der Waals surface area contributed by atoms with E-state index in [9.17, 15) is 9.59 Å². The van der Waals surface area contributed by atoms with Gasteiger partial charge in [-0.3, -0.25) is 14.5 Å². The molecule has 0 aliphatic carbocycles. The number of fused-ring (bicyclic) bond motifs is 1. The van der Waals surface area contributed by atoms with Crippen LogP contribution in [0, 0.1) is 0 Å². The van der Waals surface area contributed by atoms with Crippen molar-refractivity contribution in [1.82, 2.24) is 9.80 Å². The van der Waals surface area contributed by atoms with Crippen molar-refractivity contribution in [2.45, 2.75) is 19.4 Å². The zero-order chi connectivity index (χ0) is 21.4. The van der Waals surface area contributed by atoms with E-state index in [1.807, 2.05) is 53.9 Å². The minimum Gasteiger partial charge on any atom is -0.362 e. The molecule has 31 heavy (non-hydrogen) atoms. The van der Waals surface area contributed by atoms with Gasteiger partial charge < -0.3 is 4.90 Å². The zero-order valence-electron chi connectivity index (χ0n) is 16.9. The Morgan fingerprint density at radius 3 is 2.42 bits per heavy atom. The summed E-state index contributed by atoms with van der Waals surface area (Å²) in [6.07, 6.45) is 1.46. The Balaban J connectivity index is 1.45. The number of benzene rings is 2. The first kappa shape index (κ1) is 20.0. The smallest absolute Gasteiger partial charge is 0.277 e. The van der Waals surface area contributed by atoms with Gasteiger partial charge in [0.05, 0.1) is 5.57 Å². The second-order valence-corrected chi connectivity index (χ2v) is 9.16. The second-order valence-electron chi connectivity index (χ2n) is 7.78. The van der Waals surface area contributed by atoms with Crippen molar-refractivity contribution in [2.24, 2.45) is 0 Å². The Labute approximate surface area is 190 Å². The molecule has 0 atom stereocenters. The Kier molecular flexibility index (Phi) is 5.38. The van der Waals surface area contributed by atoms with E-state index in [0.717, 1.165) is 23.4 Å². The molecule has 0 unspecified atom stereocenters. The molecule has 0 saturated carbocycles. The summed E-state index contributed by atoms with van der Waals surface area (Å²) in [7, 11) is 0. The van der Waals surface area contributed by atoms with E-state index in [-0.39, 0.29) is 11.8 Å². The average Bonchev–Trinajstić information content (AvgIpc) is 3.40. The Bertz CT molecular complexity index is 1170. The topological polar surface area (TPSA) is 40.6 Å². The maximum Gasteiger partial charge on any atom is 0.277 e. The van der Waals surface area contributed by atoms with E-state index in [0.29, 0.717) is 35.8 Å². The third-order valence-electron chi connectivity index (χ3n) is 5.90. The fourth-order valence-corrected chi connectivity index (χ4v) is 5.17. The SMILES string of the molecule is O=C1C(c2cccs2)=C(N2CCc3ccccc3C2)C(=O)N1CCc1ccc(Cl)cc1. The summed E-state index contributed by atoms with van der Waals surface area (Å²) in [5, 5.41) is 2.62. The summed E-state index contributed by atoms with van der Waals surface area (Å²) in [6, 6.07) is 19.7. The predicted octanol–water partition coefficient (Wildman–Crippen LogP) is 4.78. The summed E-state index contributed by atoms with van der Waals surface area (Å²) < 4.78 is 0. The van der Waals surface area contributed by atoms with Gasteiger partial charge in [-0.2, -0.15) is 0 Å². The van der Waals surface area contributed by atoms with Gasteiger partial charge in [0.2, 0.25) is 0 Å². The van der Waals surface area contributed by atoms with Crippen LogP contribution in [0.4, 0.5) is 0 Å². The number of thiophene rings is 1. The van der Waals surface area contributed by atoms with E-state index in [4.69, 9.17) is 11.6 Å². The van der Waals surface area contributed by atoms with Gasteiger partial charge >= 0.3 is 0 Å². The van der Waals surface area contributed by atoms with E-state index < -0.39 is 0 Å². The lowest BCUT2D eigenvalue weighted by molar-refractivity contribution is -0.137. The Hall–Kier alpha value is -2.89. The highest BCUT2D eigenvalue weighted by atomic mass is 35.5. The minimum atomic E-state index is -0.199. The molecule has 4 nitrogen and oxygen atoms in total. The van der Waals surface area contributed by atoms with Crippen molar-refractivity contribution in [3.63, 3.8) is 0 Å². The molecular weight excluding hydrogens is 428 g/mol. The van der Waals surface area contributed by atoms with E-state index in [1.54, 1.807) is 0 Å². The lowest BCUT2D eigenvalue weighted by Crippen LogP contribution is -2.38. The lowest BCUT2D eigenvalue weighted by atomic mass is 9.99. The predicted molar refractivity (Wildman–Crippen MR) is 124 cm³/mol. The van der Waals surface area contributed by atoms with Crippen LogP contribution in [0.15, 0.2) is 71.7 Å². The standard InChI is InChI=1S/C25H21ClN2O2S/c26-20-9-7-17(8-10-20)11-14-28-24(29)22(21-6-3-15-31-21)23(25(28)30)27-13-12-18-4-1-2-5-19(18)16-27/h1-10,15H,11-14,16H2. The van der Waals surface area contributed by atoms with Crippen molar-refractivity contribution >= 4 is 40.3 Å². The van der Waals surface area contributed by atoms with Gasteiger partial charge in [-0.1, -0.05) is 54.1 Å². The van der Waals surface area contributed by atoms with Crippen molar-refractivity contribution < 1.29 is 9.59 Å². The van der Waals surface area contributed by atoms with Gasteiger partial charge in [0, 0.05) is 29.5 Å². The Morgan fingerprint density at radius 1 is 0.903 bits per heavy atom. The van der Waals surface area contributed by atoms with Crippen LogP contribution in [0.2, 0.25) is 5.02 Å². The first-order chi connectivity index (χ1) is 15.1. The molecule has 2 aliphatic heterocycles. The van der Waals surface area contributed by atoms with Crippen molar-refractivity contribution in [3.8, 4) is 0 Å². The Morgan fingerprint density at radius 2 is 1.68 bits per heavy atom. The van der Waals surface area contributed by atoms with Crippen LogP contribution in [-0.2, 0) is 29.0 Å². The van der Waals surface area contributed by atoms with E-state index in [2.05, 4.69) is 17.0 Å². The van der Waals surface area contributed by atoms with Crippen molar-refractivity contribution in [1.29, 1.82) is 0 Å². The highest BCUT2D eigenvalue weighted by molar-refractivity contribution is 7.11. The number of imide groups is 1. The lowest BCUT2D eigenvalue weighted by Gasteiger charge is -2.31. The molecule has 2 amide bonds. The van der Waals surface area contributed by atoms with Gasteiger partial charge in [-0.25, -0.2) is 0 Å². The molecule has 0 spiro atoms. The molecule has 0 fully saturated rings. The van der Waals surface area contributed by atoms with Crippen LogP contribution < -0.4 is 0 Å². The summed E-state index contributed by atoms with van der Waals surface area (Å²) in [5.74, 6) is -0.392. The molecule has 156 valence electrons. The zero-order valence-corrected chi connectivity index (χ0v) is 18.5. The second kappa shape index (κ2) is 8.33. The third-order valence-corrected chi connectivity index (χ3v) is 7.03. The molecule has 3 heterocycles. The maximum absolute atomic E-state index is 13.5. The largest absolute Gasteiger partial charge is 0.362 e. The van der Waals surface area contributed by atoms with Crippen LogP contribution >= 0.6 is 22.9 Å². The summed E-state index contributed by atoms with van der Waals surface area (Å²) in [6.45, 7) is 1.72. The minimum absolute atomic E-state index is 0.193. The molecule has 2 aliphatic rings. The maximum atomic E-state index is 13.5. The van der Waals surface area contributed by atoms with Gasteiger partial charge in [-0.05, 0) is 53.1 Å². The highest BCUT2D eigenvalue weighted by Crippen LogP contribution is 2.36. The highest BCUT2D eigenvalue weighted by Gasteiger charge is 2.42. The molecule has 2 aromatic carbocycles. The first-order valence-electron chi connectivity index (χ1n) is 10.3. The number of hydrogen-bond donors (Lipinski definition) is 0. The van der Waals surface area contributed by atoms with Crippen LogP contribution in [0.1, 0.15) is 21.6 Å². The molecule has 3 aromatic rings. The van der Waals surface area contributed by atoms with Crippen LogP contribution in [0.5, 0.6) is 0 Å². The number of amides is 2. The quantitative estimate of drug-likeness (QED) is 0.527. The number of rotatable bonds is 5. The van der Waals surface area contributed by atoms with E-state index >= 15 is 0 Å². The van der Waals surface area contributed by atoms with Gasteiger partial charge in [-0.15, -0.1) is 11.3 Å². The summed E-state index contributed by atoms with van der Waals surface area (Å²) in [4.78, 5) is 31.2. The molecule has 6 heteroatoms. The monoisotopic (exact) mass is 448 g/mol. The molecule has 5 rings (SSSR count). The van der Waals surface area contributed by atoms with Crippen molar-refractivity contribution in [2.75, 3.05) is 13.1 Å². The average molecular weight is 449 g/mol. The molecule has 0 saturated heterocycles. The third kappa shape index (κ3) is 3.80. The molecule has 0 N–H and O–H groups in total. The van der Waals surface area contributed by atoms with Gasteiger partial charge in [0.1, 0.15) is 5.70 Å². The van der Waals surface area contributed by atoms with Crippen LogP contribution in [-0.4, -0.2) is 34.7 Å². The summed E-state index contributed by atoms with van der Waals surface area (Å²) in [5.41, 5.74) is 4.65. The molecule has 0 bridgehead atoms. The van der Waals surface area contributed by atoms with E-state index in [1.165, 1.54) is 27.4 Å². The van der Waals surface area contributed by atoms with Crippen LogP contribution in [0.25, 0.3) is 5.57 Å². The van der Waals surface area contributed by atoms with Gasteiger partial charge in [0.15, 0.2) is 0 Å². The summed E-state index contributed by atoms with van der Waals surface area (Å²) >= 11 is 7.47. The van der Waals surface area contributed by atoms with Crippen molar-refractivity contribution in [3.05, 3.63) is 98.3 Å². The first-order valence-corrected chi connectivity index (χ1v) is 11.6. The number of nitrogens with zero attached hydrogens (tertiary/aromatic N) is 2. The van der Waals surface area contributed by atoms with Crippen LogP contribution in [0.3, 0.4) is 0 Å². The van der Waals surface area contributed by atoms with Gasteiger partial charge in [0.25, 0.3) is 11.8 Å². The number of halogens is 1. The number of hydrogen-bond acceptors (Lipinski definition) is 4. The fourth-order valence-electron chi connectivity index (χ4n) is 4.28. The normalized spacial score (nSPS) is 16.3. The molecule has 1 aromatic heterocycles.